The zero-order valence-corrected chi connectivity index (χ0v) is 9.17. The Morgan fingerprint density at radius 1 is 1.59 bits per heavy atom. The lowest BCUT2D eigenvalue weighted by atomic mass is 10.1. The number of pyridine rings is 1. The van der Waals surface area contributed by atoms with Crippen molar-refractivity contribution >= 4 is 5.97 Å². The lowest BCUT2D eigenvalue weighted by Crippen LogP contribution is -2.12. The highest BCUT2D eigenvalue weighted by atomic mass is 16.4. The predicted molar refractivity (Wildman–Crippen MR) is 60.9 cm³/mol. The van der Waals surface area contributed by atoms with Crippen LogP contribution in [0, 0.1) is 0 Å². The summed E-state index contributed by atoms with van der Waals surface area (Å²) in [6.07, 6.45) is 4.72. The zero-order chi connectivity index (χ0) is 12.4. The van der Waals surface area contributed by atoms with Crippen molar-refractivity contribution in [3.63, 3.8) is 0 Å². The number of nitrogens with one attached hydrogen (secondary N) is 1. The Morgan fingerprint density at radius 2 is 2.35 bits per heavy atom. The molecule has 0 radical (unpaired) electrons. The summed E-state index contributed by atoms with van der Waals surface area (Å²) in [6.45, 7) is 2.60. The van der Waals surface area contributed by atoms with Crippen molar-refractivity contribution in [2.24, 2.45) is 0 Å². The molecular formula is C11H11N3O3. The van der Waals surface area contributed by atoms with Crippen LogP contribution in [0.5, 0.6) is 0 Å². The van der Waals surface area contributed by atoms with Gasteiger partial charge in [0.15, 0.2) is 0 Å². The molecule has 17 heavy (non-hydrogen) atoms. The van der Waals surface area contributed by atoms with Crippen LogP contribution in [0.2, 0.25) is 0 Å². The van der Waals surface area contributed by atoms with E-state index in [2.05, 4.69) is 9.97 Å². The Balaban J connectivity index is 2.67. The van der Waals surface area contributed by atoms with Gasteiger partial charge < -0.3 is 14.7 Å². The van der Waals surface area contributed by atoms with Crippen LogP contribution < -0.4 is 5.56 Å². The Morgan fingerprint density at radius 3 is 3.00 bits per heavy atom. The van der Waals surface area contributed by atoms with E-state index in [1.807, 2.05) is 6.92 Å². The molecule has 0 fully saturated rings. The number of carboxylic acid groups (broad SMARTS) is 1. The molecular weight excluding hydrogens is 222 g/mol. The molecule has 2 aromatic rings. The van der Waals surface area contributed by atoms with E-state index in [1.165, 1.54) is 6.20 Å². The van der Waals surface area contributed by atoms with E-state index in [4.69, 9.17) is 5.11 Å². The molecule has 2 aromatic heterocycles. The fraction of sp³-hybridized carbons (Fsp3) is 0.182. The van der Waals surface area contributed by atoms with E-state index in [0.29, 0.717) is 17.9 Å². The number of aromatic amines is 1. The number of aromatic carboxylic acids is 1. The Kier molecular flexibility index (Phi) is 2.78. The first-order valence-corrected chi connectivity index (χ1v) is 5.11. The van der Waals surface area contributed by atoms with Crippen molar-refractivity contribution in [2.45, 2.75) is 13.5 Å². The van der Waals surface area contributed by atoms with Gasteiger partial charge in [-0.05, 0) is 6.92 Å². The number of hydrogen-bond donors (Lipinski definition) is 2. The van der Waals surface area contributed by atoms with Crippen molar-refractivity contribution < 1.29 is 9.90 Å². The second-order valence-electron chi connectivity index (χ2n) is 3.47. The topological polar surface area (TPSA) is 88.0 Å². The molecule has 0 saturated heterocycles. The summed E-state index contributed by atoms with van der Waals surface area (Å²) in [6, 6.07) is 1.06. The molecule has 0 amide bonds. The van der Waals surface area contributed by atoms with Gasteiger partial charge in [-0.2, -0.15) is 0 Å². The summed E-state index contributed by atoms with van der Waals surface area (Å²) in [4.78, 5) is 28.8. The van der Waals surface area contributed by atoms with Gasteiger partial charge in [0, 0.05) is 36.8 Å². The van der Waals surface area contributed by atoms with E-state index in [1.54, 1.807) is 17.0 Å². The average Bonchev–Trinajstić information content (AvgIpc) is 2.76. The Bertz CT molecular complexity index is 612. The van der Waals surface area contributed by atoms with Crippen LogP contribution in [0.4, 0.5) is 0 Å². The third-order valence-electron chi connectivity index (χ3n) is 2.45. The third kappa shape index (κ3) is 1.96. The number of carboxylic acids is 1. The van der Waals surface area contributed by atoms with Gasteiger partial charge in [-0.1, -0.05) is 0 Å². The normalized spacial score (nSPS) is 10.4. The highest BCUT2D eigenvalue weighted by molar-refractivity contribution is 5.94. The zero-order valence-electron chi connectivity index (χ0n) is 9.17. The molecule has 0 aliphatic heterocycles. The van der Waals surface area contributed by atoms with E-state index in [0.717, 1.165) is 6.07 Å². The third-order valence-corrected chi connectivity index (χ3v) is 2.45. The summed E-state index contributed by atoms with van der Waals surface area (Å²) < 4.78 is 1.81. The number of H-pyrrole nitrogens is 1. The SMILES string of the molecule is CCn1ccnc1-c1c[nH]c(=O)cc1C(=O)O. The molecule has 6 nitrogen and oxygen atoms in total. The minimum absolute atomic E-state index is 0.0466. The van der Waals surface area contributed by atoms with Crippen molar-refractivity contribution in [3.05, 3.63) is 40.6 Å². The van der Waals surface area contributed by atoms with Gasteiger partial charge in [0.05, 0.1) is 5.56 Å². The largest absolute Gasteiger partial charge is 0.478 e. The van der Waals surface area contributed by atoms with Crippen LogP contribution in [0.15, 0.2) is 29.5 Å². The second-order valence-corrected chi connectivity index (χ2v) is 3.47. The van der Waals surface area contributed by atoms with Crippen LogP contribution >= 0.6 is 0 Å². The molecule has 2 rings (SSSR count). The summed E-state index contributed by atoms with van der Waals surface area (Å²) in [5.74, 6) is -0.613. The minimum Gasteiger partial charge on any atom is -0.478 e. The van der Waals surface area contributed by atoms with Crippen molar-refractivity contribution in [2.75, 3.05) is 0 Å². The minimum atomic E-state index is -1.14. The molecule has 0 aromatic carbocycles. The average molecular weight is 233 g/mol. The maximum absolute atomic E-state index is 11.1. The maximum Gasteiger partial charge on any atom is 0.336 e. The standard InChI is InChI=1S/C11H11N3O3/c1-2-14-4-3-12-10(14)8-6-13-9(15)5-7(8)11(16)17/h3-6H,2H2,1H3,(H,13,15)(H,16,17). The lowest BCUT2D eigenvalue weighted by Gasteiger charge is -2.07. The number of aromatic nitrogens is 3. The molecule has 0 spiro atoms. The fourth-order valence-corrected chi connectivity index (χ4v) is 1.64. The number of rotatable bonds is 3. The smallest absolute Gasteiger partial charge is 0.336 e. The van der Waals surface area contributed by atoms with E-state index >= 15 is 0 Å². The van der Waals surface area contributed by atoms with Gasteiger partial charge in [-0.3, -0.25) is 4.79 Å². The molecule has 0 atom stereocenters. The monoisotopic (exact) mass is 233 g/mol. The Labute approximate surface area is 96.6 Å². The van der Waals surface area contributed by atoms with Crippen LogP contribution in [-0.2, 0) is 6.54 Å². The van der Waals surface area contributed by atoms with Crippen molar-refractivity contribution in [1.82, 2.24) is 14.5 Å². The summed E-state index contributed by atoms with van der Waals surface area (Å²) in [7, 11) is 0. The highest BCUT2D eigenvalue weighted by Crippen LogP contribution is 2.20. The number of hydrogen-bond acceptors (Lipinski definition) is 3. The maximum atomic E-state index is 11.1. The molecule has 0 aliphatic carbocycles. The van der Waals surface area contributed by atoms with Gasteiger partial charge in [0.1, 0.15) is 5.82 Å². The molecule has 0 bridgehead atoms. The molecule has 0 unspecified atom stereocenters. The van der Waals surface area contributed by atoms with Crippen molar-refractivity contribution in [1.29, 1.82) is 0 Å². The van der Waals surface area contributed by atoms with Crippen LogP contribution in [0.1, 0.15) is 17.3 Å². The van der Waals surface area contributed by atoms with Crippen LogP contribution in [0.25, 0.3) is 11.4 Å². The number of aryl methyl sites for hydroxylation is 1. The second kappa shape index (κ2) is 4.25. The van der Waals surface area contributed by atoms with E-state index in [-0.39, 0.29) is 5.56 Å². The summed E-state index contributed by atoms with van der Waals surface area (Å²) in [5, 5.41) is 9.06. The number of carbonyl (C=O) groups is 1. The molecule has 0 saturated carbocycles. The highest BCUT2D eigenvalue weighted by Gasteiger charge is 2.15. The van der Waals surface area contributed by atoms with Crippen LogP contribution in [0.3, 0.4) is 0 Å². The predicted octanol–water partition coefficient (Wildman–Crippen LogP) is 0.956. The van der Waals surface area contributed by atoms with Gasteiger partial charge in [-0.25, -0.2) is 9.78 Å². The van der Waals surface area contributed by atoms with Crippen molar-refractivity contribution in [3.8, 4) is 11.4 Å². The van der Waals surface area contributed by atoms with E-state index in [9.17, 15) is 9.59 Å². The quantitative estimate of drug-likeness (QED) is 0.826. The first-order valence-electron chi connectivity index (χ1n) is 5.11. The summed E-state index contributed by atoms with van der Waals surface area (Å²) in [5.41, 5.74) is -0.0839. The Hall–Kier alpha value is -2.37. The van der Waals surface area contributed by atoms with E-state index < -0.39 is 11.5 Å². The lowest BCUT2D eigenvalue weighted by molar-refractivity contribution is 0.0697. The van der Waals surface area contributed by atoms with Gasteiger partial charge in [-0.15, -0.1) is 0 Å². The molecule has 88 valence electrons. The molecule has 0 aliphatic rings. The fourth-order valence-electron chi connectivity index (χ4n) is 1.64. The molecule has 6 heteroatoms. The molecule has 2 heterocycles. The number of imidazole rings is 1. The van der Waals surface area contributed by atoms with Gasteiger partial charge >= 0.3 is 5.97 Å². The first-order chi connectivity index (χ1) is 8.13. The number of nitrogens with zero attached hydrogens (tertiary/aromatic N) is 2. The van der Waals surface area contributed by atoms with Gasteiger partial charge in [0.25, 0.3) is 0 Å². The first kappa shape index (κ1) is 11.1. The van der Waals surface area contributed by atoms with Crippen LogP contribution in [-0.4, -0.2) is 25.6 Å². The summed E-state index contributed by atoms with van der Waals surface area (Å²) >= 11 is 0. The molecule has 2 N–H and O–H groups in total. The van der Waals surface area contributed by atoms with Gasteiger partial charge in [0.2, 0.25) is 5.56 Å².